The van der Waals surface area contributed by atoms with Crippen molar-refractivity contribution in [3.05, 3.63) is 0 Å². The fraction of sp³-hybridized carbons (Fsp3) is 1.00. The standard InChI is InChI=1S/C20H35O4P/c1-17(2)13-7-9-19(5,11-13)15(17)23-25(21,22)24-16-18(3,4)14-8-10-20(16,6)12-14/h13-16H,7-12H2,1-6H3,(H,21,22)/t13-,14-,15-,16-,19+,20+/m1/s1. The lowest BCUT2D eigenvalue weighted by Gasteiger charge is -2.45. The molecule has 4 rings (SSSR count). The van der Waals surface area contributed by atoms with Crippen molar-refractivity contribution in [2.45, 2.75) is 92.3 Å². The normalized spacial score (nSPS) is 49.9. The van der Waals surface area contributed by atoms with Crippen molar-refractivity contribution in [1.82, 2.24) is 0 Å². The van der Waals surface area contributed by atoms with E-state index >= 15 is 0 Å². The molecule has 0 saturated heterocycles. The zero-order valence-corrected chi connectivity index (χ0v) is 17.6. The Hall–Kier alpha value is 0.110. The van der Waals surface area contributed by atoms with Crippen LogP contribution in [0.4, 0.5) is 0 Å². The molecular weight excluding hydrogens is 335 g/mol. The van der Waals surface area contributed by atoms with E-state index in [4.69, 9.17) is 9.05 Å². The third kappa shape index (κ3) is 2.54. The van der Waals surface area contributed by atoms with E-state index in [0.717, 1.165) is 25.7 Å². The van der Waals surface area contributed by atoms with Gasteiger partial charge in [-0.2, -0.15) is 0 Å². The van der Waals surface area contributed by atoms with Crippen LogP contribution in [-0.2, 0) is 13.6 Å². The Morgan fingerprint density at radius 2 is 1.16 bits per heavy atom. The number of phosphoric acid groups is 1. The zero-order chi connectivity index (χ0) is 18.5. The lowest BCUT2D eigenvalue weighted by molar-refractivity contribution is -0.0744. The molecule has 0 aliphatic heterocycles. The van der Waals surface area contributed by atoms with Crippen LogP contribution in [0.3, 0.4) is 0 Å². The maximum atomic E-state index is 13.0. The Kier molecular flexibility index (Phi) is 3.79. The topological polar surface area (TPSA) is 55.8 Å². The predicted octanol–water partition coefficient (Wildman–Crippen LogP) is 5.55. The van der Waals surface area contributed by atoms with Crippen LogP contribution in [0, 0.1) is 33.5 Å². The molecule has 4 aliphatic carbocycles. The summed E-state index contributed by atoms with van der Waals surface area (Å²) in [5, 5.41) is 0. The van der Waals surface area contributed by atoms with Gasteiger partial charge in [-0.15, -0.1) is 0 Å². The molecule has 25 heavy (non-hydrogen) atoms. The van der Waals surface area contributed by atoms with E-state index in [9.17, 15) is 9.46 Å². The fourth-order valence-electron chi connectivity index (χ4n) is 7.33. The van der Waals surface area contributed by atoms with Gasteiger partial charge in [0, 0.05) is 0 Å². The van der Waals surface area contributed by atoms with Crippen LogP contribution >= 0.6 is 7.82 Å². The number of rotatable bonds is 4. The number of phosphoric ester groups is 1. The number of hydrogen-bond acceptors (Lipinski definition) is 3. The van der Waals surface area contributed by atoms with Crippen LogP contribution in [-0.4, -0.2) is 17.1 Å². The molecule has 4 nitrogen and oxygen atoms in total. The largest absolute Gasteiger partial charge is 0.472 e. The SMILES string of the molecule is CC1(C)[C@@H]2CC[C@@](C)(C2)[C@@H]1OP(=O)(O)O[C@@H]1C(C)(C)[C@@H]2CC[C@@]1(C)C2. The van der Waals surface area contributed by atoms with Crippen LogP contribution in [0.2, 0.25) is 0 Å². The average molecular weight is 370 g/mol. The summed E-state index contributed by atoms with van der Waals surface area (Å²) < 4.78 is 24.9. The Morgan fingerprint density at radius 3 is 1.44 bits per heavy atom. The number of hydrogen-bond donors (Lipinski definition) is 1. The predicted molar refractivity (Wildman–Crippen MR) is 98.0 cm³/mol. The van der Waals surface area contributed by atoms with E-state index in [1.807, 2.05) is 0 Å². The van der Waals surface area contributed by atoms with Crippen molar-refractivity contribution in [1.29, 1.82) is 0 Å². The van der Waals surface area contributed by atoms with Gasteiger partial charge in [-0.3, -0.25) is 9.05 Å². The van der Waals surface area contributed by atoms with E-state index < -0.39 is 7.82 Å². The molecule has 0 amide bonds. The minimum Gasteiger partial charge on any atom is -0.302 e. The van der Waals surface area contributed by atoms with Crippen molar-refractivity contribution in [3.8, 4) is 0 Å². The second kappa shape index (κ2) is 5.13. The Bertz CT molecular complexity index is 570. The molecule has 4 bridgehead atoms. The summed E-state index contributed by atoms with van der Waals surface area (Å²) in [5.41, 5.74) is -0.125. The maximum absolute atomic E-state index is 13.0. The van der Waals surface area contributed by atoms with Gasteiger partial charge in [0.05, 0.1) is 12.2 Å². The van der Waals surface area contributed by atoms with Crippen molar-refractivity contribution >= 4 is 7.82 Å². The summed E-state index contributed by atoms with van der Waals surface area (Å²) >= 11 is 0. The highest BCUT2D eigenvalue weighted by atomic mass is 31.2. The van der Waals surface area contributed by atoms with Crippen molar-refractivity contribution in [2.75, 3.05) is 0 Å². The Balaban J connectivity index is 1.54. The fourth-order valence-corrected chi connectivity index (χ4v) is 8.96. The highest BCUT2D eigenvalue weighted by Crippen LogP contribution is 2.70. The molecule has 0 unspecified atom stereocenters. The Labute approximate surface area is 152 Å². The van der Waals surface area contributed by atoms with Crippen LogP contribution < -0.4 is 0 Å². The molecule has 1 N–H and O–H groups in total. The van der Waals surface area contributed by atoms with Gasteiger partial charge in [0.25, 0.3) is 0 Å². The van der Waals surface area contributed by atoms with Crippen LogP contribution in [0.5, 0.6) is 0 Å². The van der Waals surface area contributed by atoms with Crippen molar-refractivity contribution in [3.63, 3.8) is 0 Å². The Morgan fingerprint density at radius 1 is 0.800 bits per heavy atom. The molecule has 0 aromatic rings. The van der Waals surface area contributed by atoms with E-state index in [2.05, 4.69) is 41.5 Å². The molecule has 4 fully saturated rings. The second-order valence-corrected chi connectivity index (χ2v) is 12.6. The summed E-state index contributed by atoms with van der Waals surface area (Å²) in [5.74, 6) is 1.16. The first-order valence-corrected chi connectivity index (χ1v) is 11.5. The number of fused-ring (bicyclic) bond motifs is 4. The summed E-state index contributed by atoms with van der Waals surface area (Å²) in [6.07, 6.45) is 6.36. The molecule has 0 heterocycles. The zero-order valence-electron chi connectivity index (χ0n) is 16.7. The van der Waals surface area contributed by atoms with Crippen LogP contribution in [0.15, 0.2) is 0 Å². The van der Waals surface area contributed by atoms with Gasteiger partial charge in [0.1, 0.15) is 0 Å². The van der Waals surface area contributed by atoms with Gasteiger partial charge in [-0.1, -0.05) is 41.5 Å². The van der Waals surface area contributed by atoms with E-state index in [1.165, 1.54) is 12.8 Å². The van der Waals surface area contributed by atoms with Gasteiger partial charge in [-0.25, -0.2) is 4.57 Å². The lowest BCUT2D eigenvalue weighted by Crippen LogP contribution is -2.44. The minimum atomic E-state index is -4.10. The van der Waals surface area contributed by atoms with Crippen LogP contribution in [0.25, 0.3) is 0 Å². The van der Waals surface area contributed by atoms with Gasteiger partial charge in [0.2, 0.25) is 0 Å². The van der Waals surface area contributed by atoms with E-state index in [0.29, 0.717) is 11.8 Å². The van der Waals surface area contributed by atoms with Crippen molar-refractivity contribution < 1.29 is 18.5 Å². The highest BCUT2D eigenvalue weighted by Gasteiger charge is 2.64. The van der Waals surface area contributed by atoms with Gasteiger partial charge in [-0.05, 0) is 72.0 Å². The molecule has 0 aromatic carbocycles. The summed E-state index contributed by atoms with van der Waals surface area (Å²) in [4.78, 5) is 10.7. The molecular formula is C20H35O4P. The molecule has 144 valence electrons. The molecule has 5 heteroatoms. The van der Waals surface area contributed by atoms with Crippen molar-refractivity contribution in [2.24, 2.45) is 33.5 Å². The molecule has 0 spiro atoms. The average Bonchev–Trinajstić information content (AvgIpc) is 3.14. The molecule has 6 atom stereocenters. The van der Waals surface area contributed by atoms with Gasteiger partial charge in [0.15, 0.2) is 0 Å². The van der Waals surface area contributed by atoms with E-state index in [1.54, 1.807) is 0 Å². The highest BCUT2D eigenvalue weighted by molar-refractivity contribution is 7.47. The first kappa shape index (κ1) is 18.5. The molecule has 4 saturated carbocycles. The minimum absolute atomic E-state index is 0.00399. The monoisotopic (exact) mass is 370 g/mol. The lowest BCUT2D eigenvalue weighted by atomic mass is 9.70. The molecule has 4 aliphatic rings. The third-order valence-electron chi connectivity index (χ3n) is 8.75. The first-order valence-electron chi connectivity index (χ1n) is 10.00. The van der Waals surface area contributed by atoms with Crippen LogP contribution in [0.1, 0.15) is 80.1 Å². The summed E-state index contributed by atoms with van der Waals surface area (Å²) in [6.45, 7) is 13.2. The summed E-state index contributed by atoms with van der Waals surface area (Å²) in [7, 11) is -4.10. The van der Waals surface area contributed by atoms with Gasteiger partial charge >= 0.3 is 7.82 Å². The second-order valence-electron chi connectivity index (χ2n) is 11.3. The van der Waals surface area contributed by atoms with E-state index in [-0.39, 0.29) is 33.9 Å². The summed E-state index contributed by atoms with van der Waals surface area (Å²) in [6, 6.07) is 0. The molecule has 0 radical (unpaired) electrons. The quantitative estimate of drug-likeness (QED) is 0.659. The first-order chi connectivity index (χ1) is 11.3. The van der Waals surface area contributed by atoms with Gasteiger partial charge < -0.3 is 4.89 Å². The smallest absolute Gasteiger partial charge is 0.302 e. The molecule has 0 aromatic heterocycles. The maximum Gasteiger partial charge on any atom is 0.472 e. The third-order valence-corrected chi connectivity index (χ3v) is 9.71.